The van der Waals surface area contributed by atoms with Gasteiger partial charge in [-0.1, -0.05) is 18.1 Å². The molecule has 1 aliphatic carbocycles. The Morgan fingerprint density at radius 3 is 2.68 bits per heavy atom. The van der Waals surface area contributed by atoms with Crippen LogP contribution in [0, 0.1) is 17.8 Å². The molecule has 5 heterocycles. The summed E-state index contributed by atoms with van der Waals surface area (Å²) in [6.45, 7) is 5.01. The van der Waals surface area contributed by atoms with E-state index in [4.69, 9.17) is 21.1 Å². The Bertz CT molecular complexity index is 1670. The molecule has 4 fully saturated rings. The third kappa shape index (κ3) is 5.02. The van der Waals surface area contributed by atoms with Gasteiger partial charge in [0, 0.05) is 66.7 Å². The van der Waals surface area contributed by atoms with Gasteiger partial charge in [-0.05, 0) is 55.7 Å². The minimum Gasteiger partial charge on any atom is -0.508 e. The van der Waals surface area contributed by atoms with Gasteiger partial charge in [0.05, 0.1) is 31.0 Å². The number of rotatable bonds is 7. The molecule has 3 aromatic rings. The van der Waals surface area contributed by atoms with E-state index < -0.39 is 6.17 Å². The van der Waals surface area contributed by atoms with Gasteiger partial charge in [-0.2, -0.15) is 9.97 Å². The number of carbonyl (C=O) groups excluding carboxylic acids is 1. The number of alkyl halides is 1. The van der Waals surface area contributed by atoms with Crippen LogP contribution in [0.2, 0.25) is 0 Å². The largest absolute Gasteiger partial charge is 0.508 e. The Labute approximate surface area is 256 Å². The molecule has 1 amide bonds. The van der Waals surface area contributed by atoms with E-state index in [1.165, 1.54) is 6.07 Å². The number of terminal acetylenes is 1. The summed E-state index contributed by atoms with van der Waals surface area (Å²) in [6.07, 6.45) is 10.1. The van der Waals surface area contributed by atoms with E-state index in [-0.39, 0.29) is 17.1 Å². The quantitative estimate of drug-likeness (QED) is 0.400. The fourth-order valence-electron chi connectivity index (χ4n) is 7.67. The molecule has 9 nitrogen and oxygen atoms in total. The summed E-state index contributed by atoms with van der Waals surface area (Å²) in [5, 5.41) is 15.6. The molecule has 2 N–H and O–H groups in total. The SMILES string of the molecule is C#Cc1cccc2cc(O)cc(C(=O)N3Cc4nc(OCC5(CN6CC[C@@H](F)C6)CC5)nc(N5CC6CCC(C5)N6)c4C3)c12. The number of aromatic nitrogens is 2. The molecule has 2 aromatic carbocycles. The topological polar surface area (TPSA) is 94.1 Å². The number of halogens is 1. The van der Waals surface area contributed by atoms with E-state index in [1.54, 1.807) is 11.0 Å². The molecule has 44 heavy (non-hydrogen) atoms. The van der Waals surface area contributed by atoms with Gasteiger partial charge in [0.15, 0.2) is 0 Å². The van der Waals surface area contributed by atoms with Crippen LogP contribution in [-0.2, 0) is 13.1 Å². The number of carbonyl (C=O) groups is 1. The lowest BCUT2D eigenvalue weighted by molar-refractivity contribution is 0.0752. The van der Waals surface area contributed by atoms with Gasteiger partial charge in [0.25, 0.3) is 5.91 Å². The number of nitrogens with one attached hydrogen (secondary N) is 1. The summed E-state index contributed by atoms with van der Waals surface area (Å²) >= 11 is 0. The minimum atomic E-state index is -0.731. The normalized spacial score (nSPS) is 25.3. The van der Waals surface area contributed by atoms with Gasteiger partial charge < -0.3 is 25.0 Å². The van der Waals surface area contributed by atoms with Crippen LogP contribution in [0.4, 0.5) is 10.2 Å². The number of likely N-dealkylation sites (tertiary alicyclic amines) is 1. The van der Waals surface area contributed by atoms with E-state index in [1.807, 2.05) is 18.2 Å². The van der Waals surface area contributed by atoms with Crippen molar-refractivity contribution >= 4 is 22.5 Å². The highest BCUT2D eigenvalue weighted by Gasteiger charge is 2.46. The number of anilines is 1. The van der Waals surface area contributed by atoms with E-state index in [0.717, 1.165) is 74.3 Å². The van der Waals surface area contributed by atoms with Crippen LogP contribution in [0.15, 0.2) is 30.3 Å². The Morgan fingerprint density at radius 2 is 1.95 bits per heavy atom. The van der Waals surface area contributed by atoms with Crippen LogP contribution < -0.4 is 15.0 Å². The first-order valence-electron chi connectivity index (χ1n) is 15.8. The summed E-state index contributed by atoms with van der Waals surface area (Å²) in [4.78, 5) is 30.2. The summed E-state index contributed by atoms with van der Waals surface area (Å²) in [5.41, 5.74) is 2.74. The van der Waals surface area contributed by atoms with Crippen molar-refractivity contribution in [3.8, 4) is 24.1 Å². The minimum absolute atomic E-state index is 0.0177. The van der Waals surface area contributed by atoms with Gasteiger partial charge in [0.1, 0.15) is 17.7 Å². The van der Waals surface area contributed by atoms with Gasteiger partial charge in [-0.25, -0.2) is 4.39 Å². The number of hydrogen-bond acceptors (Lipinski definition) is 8. The third-order valence-corrected chi connectivity index (χ3v) is 10.1. The maximum atomic E-state index is 14.1. The fourth-order valence-corrected chi connectivity index (χ4v) is 7.67. The lowest BCUT2D eigenvalue weighted by Crippen LogP contribution is -2.51. The van der Waals surface area contributed by atoms with Crippen molar-refractivity contribution in [2.24, 2.45) is 5.41 Å². The second kappa shape index (κ2) is 10.6. The van der Waals surface area contributed by atoms with Crippen LogP contribution in [0.5, 0.6) is 11.8 Å². The summed E-state index contributed by atoms with van der Waals surface area (Å²) < 4.78 is 20.1. The van der Waals surface area contributed by atoms with Crippen molar-refractivity contribution in [1.29, 1.82) is 0 Å². The predicted octanol–water partition coefficient (Wildman–Crippen LogP) is 3.62. The fraction of sp³-hybridized carbons (Fsp3) is 0.500. The average Bonchev–Trinajstić information content (AvgIpc) is 3.28. The van der Waals surface area contributed by atoms with Crippen LogP contribution in [0.25, 0.3) is 10.8 Å². The molecule has 0 radical (unpaired) electrons. The number of benzene rings is 2. The lowest BCUT2D eigenvalue weighted by atomic mass is 9.98. The highest BCUT2D eigenvalue weighted by atomic mass is 19.1. The van der Waals surface area contributed by atoms with Crippen LogP contribution in [-0.4, -0.2) is 88.4 Å². The number of hydrogen-bond donors (Lipinski definition) is 2. The van der Waals surface area contributed by atoms with Crippen molar-refractivity contribution < 1.29 is 19.0 Å². The maximum Gasteiger partial charge on any atom is 0.318 e. The first-order chi connectivity index (χ1) is 21.4. The zero-order chi connectivity index (χ0) is 30.0. The Kier molecular flexibility index (Phi) is 6.65. The zero-order valence-electron chi connectivity index (χ0n) is 24.8. The van der Waals surface area contributed by atoms with Crippen molar-refractivity contribution in [2.45, 2.75) is 63.4 Å². The molecular formula is C34H37FN6O3. The van der Waals surface area contributed by atoms with E-state index in [0.29, 0.717) is 67.3 Å². The molecular weight excluding hydrogens is 559 g/mol. The number of amides is 1. The molecule has 1 saturated carbocycles. The maximum absolute atomic E-state index is 14.1. The van der Waals surface area contributed by atoms with Gasteiger partial charge in [-0.15, -0.1) is 6.42 Å². The number of phenolic OH excluding ortho intramolecular Hbond substituents is 1. The van der Waals surface area contributed by atoms with E-state index in [2.05, 4.69) is 21.0 Å². The van der Waals surface area contributed by atoms with Crippen molar-refractivity contribution in [3.05, 3.63) is 52.7 Å². The highest BCUT2D eigenvalue weighted by Crippen LogP contribution is 2.47. The van der Waals surface area contributed by atoms with Gasteiger partial charge >= 0.3 is 6.01 Å². The lowest BCUT2D eigenvalue weighted by Gasteiger charge is -2.34. The number of piperazine rings is 1. The second-order valence-electron chi connectivity index (χ2n) is 13.4. The van der Waals surface area contributed by atoms with Crippen LogP contribution >= 0.6 is 0 Å². The van der Waals surface area contributed by atoms with Crippen LogP contribution in [0.3, 0.4) is 0 Å². The highest BCUT2D eigenvalue weighted by molar-refractivity contribution is 6.09. The first-order valence-corrected chi connectivity index (χ1v) is 15.8. The molecule has 10 heteroatoms. The number of aromatic hydroxyl groups is 1. The first kappa shape index (κ1) is 27.6. The molecule has 4 aliphatic heterocycles. The molecule has 3 atom stereocenters. The van der Waals surface area contributed by atoms with E-state index >= 15 is 0 Å². The average molecular weight is 597 g/mol. The second-order valence-corrected chi connectivity index (χ2v) is 13.4. The number of fused-ring (bicyclic) bond motifs is 4. The number of ether oxygens (including phenoxy) is 1. The summed E-state index contributed by atoms with van der Waals surface area (Å²) in [7, 11) is 0. The van der Waals surface area contributed by atoms with E-state index in [9.17, 15) is 14.3 Å². The molecule has 2 bridgehead atoms. The zero-order valence-corrected chi connectivity index (χ0v) is 24.8. The van der Waals surface area contributed by atoms with Gasteiger partial charge in [0.2, 0.25) is 0 Å². The van der Waals surface area contributed by atoms with Crippen molar-refractivity contribution in [3.63, 3.8) is 0 Å². The number of nitrogens with zero attached hydrogens (tertiary/aromatic N) is 5. The molecule has 8 rings (SSSR count). The Hall–Kier alpha value is -3.94. The molecule has 3 saturated heterocycles. The molecule has 2 unspecified atom stereocenters. The smallest absolute Gasteiger partial charge is 0.318 e. The Morgan fingerprint density at radius 1 is 1.14 bits per heavy atom. The van der Waals surface area contributed by atoms with Crippen LogP contribution in [0.1, 0.15) is 59.3 Å². The Balaban J connectivity index is 1.09. The standard InChI is InChI=1S/C34H37FN6O3/c1-2-21-4-3-5-22-12-26(42)13-27(30(21)22)32(43)41-17-28-29(18-41)37-33(38-31(28)40-15-24-6-7-25(16-40)36-24)44-20-34(9-10-34)19-39-11-8-23(35)14-39/h1,3-5,12-13,23-25,36,42H,6-11,14-20H2/t23-,24?,25?/m1/s1. The summed E-state index contributed by atoms with van der Waals surface area (Å²) in [5.74, 6) is 3.34. The molecule has 1 aromatic heterocycles. The molecule has 0 spiro atoms. The third-order valence-electron chi connectivity index (χ3n) is 10.1. The predicted molar refractivity (Wildman–Crippen MR) is 164 cm³/mol. The molecule has 228 valence electrons. The number of phenols is 1. The van der Waals surface area contributed by atoms with Crippen molar-refractivity contribution in [1.82, 2.24) is 25.1 Å². The molecule has 5 aliphatic rings. The van der Waals surface area contributed by atoms with Gasteiger partial charge in [-0.3, -0.25) is 9.69 Å². The van der Waals surface area contributed by atoms with Crippen molar-refractivity contribution in [2.75, 3.05) is 44.2 Å². The monoisotopic (exact) mass is 596 g/mol. The summed E-state index contributed by atoms with van der Waals surface area (Å²) in [6, 6.07) is 9.80.